The molecule has 1 heterocycles. The lowest BCUT2D eigenvalue weighted by Gasteiger charge is -2.35. The number of nitrogens with two attached hydrogens (primary N) is 1. The summed E-state index contributed by atoms with van der Waals surface area (Å²) in [6.45, 7) is 10.8. The summed E-state index contributed by atoms with van der Waals surface area (Å²) < 4.78 is 5.50. The van der Waals surface area contributed by atoms with Gasteiger partial charge in [0.25, 0.3) is 0 Å². The van der Waals surface area contributed by atoms with Crippen LogP contribution in [0.25, 0.3) is 0 Å². The molecule has 1 aromatic carbocycles. The molecule has 27 heavy (non-hydrogen) atoms. The van der Waals surface area contributed by atoms with Crippen LogP contribution in [0.4, 0.5) is 0 Å². The first kappa shape index (κ1) is 21.4. The Labute approximate surface area is 163 Å². The van der Waals surface area contributed by atoms with Crippen molar-refractivity contribution in [3.8, 4) is 0 Å². The molecule has 1 amide bonds. The maximum Gasteiger partial charge on any atom is 0.324 e. The highest BCUT2D eigenvalue weighted by atomic mass is 16.6. The second-order valence-electron chi connectivity index (χ2n) is 9.04. The van der Waals surface area contributed by atoms with Gasteiger partial charge in [-0.25, -0.2) is 0 Å². The molecule has 5 heteroatoms. The van der Waals surface area contributed by atoms with Crippen LogP contribution in [0.1, 0.15) is 53.0 Å². The van der Waals surface area contributed by atoms with Gasteiger partial charge in [0.05, 0.1) is 5.41 Å². The molecule has 2 N–H and O–H groups in total. The Morgan fingerprint density at radius 1 is 1.26 bits per heavy atom. The zero-order valence-electron chi connectivity index (χ0n) is 17.3. The Kier molecular flexibility index (Phi) is 6.68. The van der Waals surface area contributed by atoms with Gasteiger partial charge in [0, 0.05) is 13.1 Å². The number of amides is 1. The predicted octanol–water partition coefficient (Wildman–Crippen LogP) is 3.16. The number of carbonyl (C=O) groups is 2. The van der Waals surface area contributed by atoms with Crippen molar-refractivity contribution in [3.05, 3.63) is 35.9 Å². The SMILES string of the molecule is CC(C)CC1(C(N)C(=O)OC(C)(C)C)CCN(CCc2ccccc2)C1=O. The molecular weight excluding hydrogens is 340 g/mol. The lowest BCUT2D eigenvalue weighted by Crippen LogP contribution is -2.54. The smallest absolute Gasteiger partial charge is 0.324 e. The van der Waals surface area contributed by atoms with Gasteiger partial charge in [-0.1, -0.05) is 44.2 Å². The van der Waals surface area contributed by atoms with Gasteiger partial charge in [-0.2, -0.15) is 0 Å². The van der Waals surface area contributed by atoms with Gasteiger partial charge in [-0.3, -0.25) is 9.59 Å². The Bertz CT molecular complexity index is 651. The van der Waals surface area contributed by atoms with Crippen molar-refractivity contribution in [1.29, 1.82) is 0 Å². The van der Waals surface area contributed by atoms with Gasteiger partial charge in [0.1, 0.15) is 11.6 Å². The third-order valence-corrected chi connectivity index (χ3v) is 5.08. The van der Waals surface area contributed by atoms with Crippen molar-refractivity contribution in [2.45, 2.75) is 65.5 Å². The molecular formula is C22H34N2O3. The van der Waals surface area contributed by atoms with Crippen LogP contribution in [0.3, 0.4) is 0 Å². The quantitative estimate of drug-likeness (QED) is 0.744. The highest BCUT2D eigenvalue weighted by molar-refractivity contribution is 5.92. The summed E-state index contributed by atoms with van der Waals surface area (Å²) in [5, 5.41) is 0. The number of likely N-dealkylation sites (tertiary alicyclic amines) is 1. The predicted molar refractivity (Wildman–Crippen MR) is 107 cm³/mol. The van der Waals surface area contributed by atoms with E-state index in [0.29, 0.717) is 25.9 Å². The van der Waals surface area contributed by atoms with Crippen molar-refractivity contribution < 1.29 is 14.3 Å². The van der Waals surface area contributed by atoms with E-state index in [1.165, 1.54) is 5.56 Å². The topological polar surface area (TPSA) is 72.6 Å². The third-order valence-electron chi connectivity index (χ3n) is 5.08. The van der Waals surface area contributed by atoms with E-state index < -0.39 is 23.0 Å². The first-order valence-electron chi connectivity index (χ1n) is 9.87. The lowest BCUT2D eigenvalue weighted by molar-refractivity contribution is -0.163. The van der Waals surface area contributed by atoms with Gasteiger partial charge in [-0.15, -0.1) is 0 Å². The van der Waals surface area contributed by atoms with Gasteiger partial charge in [0.2, 0.25) is 5.91 Å². The molecule has 0 spiro atoms. The maximum absolute atomic E-state index is 13.3. The molecule has 2 unspecified atom stereocenters. The largest absolute Gasteiger partial charge is 0.459 e. The summed E-state index contributed by atoms with van der Waals surface area (Å²) in [6, 6.07) is 9.18. The molecule has 0 bridgehead atoms. The fraction of sp³-hybridized carbons (Fsp3) is 0.636. The molecule has 0 aliphatic carbocycles. The third kappa shape index (κ3) is 5.32. The van der Waals surface area contributed by atoms with E-state index in [1.807, 2.05) is 43.9 Å². The van der Waals surface area contributed by atoms with Crippen LogP contribution >= 0.6 is 0 Å². The monoisotopic (exact) mass is 374 g/mol. The number of nitrogens with zero attached hydrogens (tertiary/aromatic N) is 1. The van der Waals surface area contributed by atoms with E-state index in [4.69, 9.17) is 10.5 Å². The number of esters is 1. The second-order valence-corrected chi connectivity index (χ2v) is 9.04. The lowest BCUT2D eigenvalue weighted by atomic mass is 9.73. The molecule has 5 nitrogen and oxygen atoms in total. The molecule has 1 fully saturated rings. The van der Waals surface area contributed by atoms with Crippen LogP contribution in [-0.4, -0.2) is 41.5 Å². The molecule has 0 saturated carbocycles. The summed E-state index contributed by atoms with van der Waals surface area (Å²) in [5.41, 5.74) is 6.06. The minimum atomic E-state index is -0.937. The van der Waals surface area contributed by atoms with Crippen LogP contribution in [0, 0.1) is 11.3 Å². The molecule has 1 aliphatic rings. The Balaban J connectivity index is 2.15. The Morgan fingerprint density at radius 3 is 2.44 bits per heavy atom. The molecule has 1 saturated heterocycles. The number of ether oxygens (including phenoxy) is 1. The fourth-order valence-electron chi connectivity index (χ4n) is 3.90. The van der Waals surface area contributed by atoms with E-state index in [1.54, 1.807) is 0 Å². The highest BCUT2D eigenvalue weighted by Crippen LogP contribution is 2.41. The summed E-state index contributed by atoms with van der Waals surface area (Å²) in [7, 11) is 0. The van der Waals surface area contributed by atoms with Crippen molar-refractivity contribution in [1.82, 2.24) is 4.90 Å². The summed E-state index contributed by atoms with van der Waals surface area (Å²) in [6.07, 6.45) is 1.99. The second kappa shape index (κ2) is 8.42. The first-order chi connectivity index (χ1) is 12.5. The molecule has 2 atom stereocenters. The standard InChI is InChI=1S/C22H34N2O3/c1-16(2)15-22(18(23)19(25)27-21(3,4)5)12-14-24(20(22)26)13-11-17-9-7-6-8-10-17/h6-10,16,18H,11-15,23H2,1-5H3. The van der Waals surface area contributed by atoms with Crippen LogP contribution in [0.5, 0.6) is 0 Å². The number of hydrogen-bond donors (Lipinski definition) is 1. The molecule has 0 aromatic heterocycles. The maximum atomic E-state index is 13.3. The Morgan fingerprint density at radius 2 is 1.89 bits per heavy atom. The van der Waals surface area contributed by atoms with Crippen molar-refractivity contribution in [2.75, 3.05) is 13.1 Å². The van der Waals surface area contributed by atoms with Gasteiger partial charge >= 0.3 is 5.97 Å². The number of benzene rings is 1. The van der Waals surface area contributed by atoms with E-state index in [-0.39, 0.29) is 11.8 Å². The number of hydrogen-bond acceptors (Lipinski definition) is 4. The van der Waals surface area contributed by atoms with E-state index in [0.717, 1.165) is 6.42 Å². The van der Waals surface area contributed by atoms with Crippen LogP contribution in [0.2, 0.25) is 0 Å². The average molecular weight is 375 g/mol. The fourth-order valence-corrected chi connectivity index (χ4v) is 3.90. The zero-order valence-corrected chi connectivity index (χ0v) is 17.3. The number of carbonyl (C=O) groups excluding carboxylic acids is 2. The van der Waals surface area contributed by atoms with Crippen LogP contribution in [0.15, 0.2) is 30.3 Å². The molecule has 150 valence electrons. The summed E-state index contributed by atoms with van der Waals surface area (Å²) in [5.74, 6) is -0.233. The van der Waals surface area contributed by atoms with Gasteiger partial charge in [0.15, 0.2) is 0 Å². The summed E-state index contributed by atoms with van der Waals surface area (Å²) in [4.78, 5) is 27.8. The normalized spacial score (nSPS) is 21.6. The molecule has 1 aromatic rings. The number of rotatable bonds is 7. The highest BCUT2D eigenvalue weighted by Gasteiger charge is 2.54. The first-order valence-corrected chi connectivity index (χ1v) is 9.87. The molecule has 2 rings (SSSR count). The van der Waals surface area contributed by atoms with Crippen LogP contribution < -0.4 is 5.73 Å². The Hall–Kier alpha value is -1.88. The molecule has 1 aliphatic heterocycles. The molecule has 0 radical (unpaired) electrons. The van der Waals surface area contributed by atoms with Crippen molar-refractivity contribution in [3.63, 3.8) is 0 Å². The van der Waals surface area contributed by atoms with E-state index in [2.05, 4.69) is 26.0 Å². The minimum absolute atomic E-state index is 0.00881. The van der Waals surface area contributed by atoms with Crippen molar-refractivity contribution >= 4 is 11.9 Å². The van der Waals surface area contributed by atoms with E-state index >= 15 is 0 Å². The van der Waals surface area contributed by atoms with Gasteiger partial charge in [-0.05, 0) is 51.5 Å². The minimum Gasteiger partial charge on any atom is -0.459 e. The zero-order chi connectivity index (χ0) is 20.2. The van der Waals surface area contributed by atoms with Gasteiger partial charge < -0.3 is 15.4 Å². The van der Waals surface area contributed by atoms with Crippen LogP contribution in [-0.2, 0) is 20.7 Å². The van der Waals surface area contributed by atoms with E-state index in [9.17, 15) is 9.59 Å². The average Bonchev–Trinajstić information content (AvgIpc) is 2.88. The summed E-state index contributed by atoms with van der Waals surface area (Å²) >= 11 is 0. The van der Waals surface area contributed by atoms with Crippen molar-refractivity contribution in [2.24, 2.45) is 17.1 Å².